The predicted octanol–water partition coefficient (Wildman–Crippen LogP) is 6.96. The highest BCUT2D eigenvalue weighted by molar-refractivity contribution is 5.94. The number of benzene rings is 3. The van der Waals surface area contributed by atoms with Gasteiger partial charge in [0.2, 0.25) is 0 Å². The molecule has 1 fully saturated rings. The van der Waals surface area contributed by atoms with Crippen LogP contribution in [0.5, 0.6) is 5.75 Å². The second kappa shape index (κ2) is 10.8. The highest BCUT2D eigenvalue weighted by Gasteiger charge is 2.25. The summed E-state index contributed by atoms with van der Waals surface area (Å²) in [4.78, 5) is 19.9. The molecule has 4 aromatic rings. The molecule has 0 spiro atoms. The van der Waals surface area contributed by atoms with Crippen molar-refractivity contribution < 1.29 is 9.53 Å². The number of piperidine rings is 1. The van der Waals surface area contributed by atoms with Crippen molar-refractivity contribution in [1.29, 1.82) is 0 Å². The molecule has 0 aliphatic carbocycles. The van der Waals surface area contributed by atoms with Crippen LogP contribution in [0.2, 0.25) is 0 Å². The number of likely N-dealkylation sites (tertiary alicyclic amines) is 1. The average Bonchev–Trinajstić information content (AvgIpc) is 2.94. The van der Waals surface area contributed by atoms with E-state index in [0.29, 0.717) is 18.1 Å². The lowest BCUT2D eigenvalue weighted by Crippen LogP contribution is -2.37. The van der Waals surface area contributed by atoms with Crippen LogP contribution < -0.4 is 4.74 Å². The molecule has 1 saturated heterocycles. The number of rotatable bonds is 6. The molecule has 182 valence electrons. The number of hydrogen-bond acceptors (Lipinski definition) is 3. The molecule has 0 atom stereocenters. The average molecular weight is 477 g/mol. The predicted molar refractivity (Wildman–Crippen MR) is 144 cm³/mol. The molecule has 5 rings (SSSR count). The van der Waals surface area contributed by atoms with Gasteiger partial charge in [0.25, 0.3) is 5.91 Å². The number of aromatic nitrogens is 1. The van der Waals surface area contributed by atoms with E-state index in [4.69, 9.17) is 9.72 Å². The fourth-order valence-electron chi connectivity index (χ4n) is 4.89. The molecular weight excluding hydrogens is 444 g/mol. The van der Waals surface area contributed by atoms with Crippen LogP contribution in [-0.2, 0) is 6.61 Å². The summed E-state index contributed by atoms with van der Waals surface area (Å²) in [6, 6.07) is 28.3. The van der Waals surface area contributed by atoms with E-state index in [1.807, 2.05) is 65.7 Å². The van der Waals surface area contributed by atoms with Gasteiger partial charge >= 0.3 is 0 Å². The number of amides is 1. The van der Waals surface area contributed by atoms with Crippen LogP contribution in [-0.4, -0.2) is 28.9 Å². The molecule has 3 aromatic carbocycles. The van der Waals surface area contributed by atoms with Crippen LogP contribution in [0.1, 0.15) is 51.4 Å². The third kappa shape index (κ3) is 5.33. The van der Waals surface area contributed by atoms with E-state index in [1.54, 1.807) is 0 Å². The zero-order valence-electron chi connectivity index (χ0n) is 21.0. The van der Waals surface area contributed by atoms with Gasteiger partial charge in [-0.05, 0) is 79.1 Å². The monoisotopic (exact) mass is 476 g/mol. The van der Waals surface area contributed by atoms with Crippen molar-refractivity contribution in [2.75, 3.05) is 13.1 Å². The molecule has 2 heterocycles. The molecule has 4 heteroatoms. The van der Waals surface area contributed by atoms with Gasteiger partial charge in [-0.15, -0.1) is 0 Å². The lowest BCUT2D eigenvalue weighted by Gasteiger charge is -2.32. The summed E-state index contributed by atoms with van der Waals surface area (Å²) < 4.78 is 5.92. The topological polar surface area (TPSA) is 42.4 Å². The van der Waals surface area contributed by atoms with Gasteiger partial charge in [0.05, 0.1) is 5.69 Å². The van der Waals surface area contributed by atoms with Gasteiger partial charge in [0, 0.05) is 30.4 Å². The molecule has 0 N–H and O–H groups in total. The summed E-state index contributed by atoms with van der Waals surface area (Å²) in [5.41, 5.74) is 7.81. The van der Waals surface area contributed by atoms with Crippen LogP contribution >= 0.6 is 0 Å². The number of hydrogen-bond donors (Lipinski definition) is 0. The number of carbonyl (C=O) groups is 1. The highest BCUT2D eigenvalue weighted by Crippen LogP contribution is 2.31. The van der Waals surface area contributed by atoms with Crippen molar-refractivity contribution in [3.8, 4) is 17.0 Å². The summed E-state index contributed by atoms with van der Waals surface area (Å²) in [7, 11) is 0. The van der Waals surface area contributed by atoms with Crippen molar-refractivity contribution in [1.82, 2.24) is 9.88 Å². The van der Waals surface area contributed by atoms with E-state index < -0.39 is 0 Å². The SMILES string of the molecule is Cc1cccc(-c2ccc(C3CCN(C(=O)c4cccc(OCc5ccccc5)c4)CC3)cn2)c1C. The zero-order valence-corrected chi connectivity index (χ0v) is 21.0. The van der Waals surface area contributed by atoms with E-state index in [9.17, 15) is 4.79 Å². The summed E-state index contributed by atoms with van der Waals surface area (Å²) >= 11 is 0. The van der Waals surface area contributed by atoms with Gasteiger partial charge in [-0.3, -0.25) is 9.78 Å². The number of pyridine rings is 1. The Morgan fingerprint density at radius 1 is 0.917 bits per heavy atom. The summed E-state index contributed by atoms with van der Waals surface area (Å²) in [5, 5.41) is 0. The molecule has 0 radical (unpaired) electrons. The van der Waals surface area contributed by atoms with Gasteiger partial charge in [0.1, 0.15) is 12.4 Å². The number of nitrogens with zero attached hydrogens (tertiary/aromatic N) is 2. The zero-order chi connectivity index (χ0) is 24.9. The summed E-state index contributed by atoms with van der Waals surface area (Å²) in [6.45, 7) is 6.27. The van der Waals surface area contributed by atoms with E-state index in [2.05, 4.69) is 44.2 Å². The van der Waals surface area contributed by atoms with Crippen molar-refractivity contribution in [2.24, 2.45) is 0 Å². The smallest absolute Gasteiger partial charge is 0.253 e. The quantitative estimate of drug-likeness (QED) is 0.302. The van der Waals surface area contributed by atoms with Gasteiger partial charge < -0.3 is 9.64 Å². The first kappa shape index (κ1) is 23.8. The van der Waals surface area contributed by atoms with Crippen molar-refractivity contribution in [3.05, 3.63) is 119 Å². The first-order chi connectivity index (χ1) is 17.6. The van der Waals surface area contributed by atoms with Gasteiger partial charge in [0.15, 0.2) is 0 Å². The van der Waals surface area contributed by atoms with E-state index in [1.165, 1.54) is 22.3 Å². The Bertz CT molecular complexity index is 1320. The van der Waals surface area contributed by atoms with Crippen LogP contribution in [0.4, 0.5) is 0 Å². The van der Waals surface area contributed by atoms with Gasteiger partial charge in [-0.1, -0.05) is 60.7 Å². The molecule has 1 aliphatic rings. The van der Waals surface area contributed by atoms with E-state index >= 15 is 0 Å². The van der Waals surface area contributed by atoms with Crippen molar-refractivity contribution in [2.45, 2.75) is 39.2 Å². The first-order valence-corrected chi connectivity index (χ1v) is 12.7. The molecule has 0 unspecified atom stereocenters. The fourth-order valence-corrected chi connectivity index (χ4v) is 4.89. The van der Waals surface area contributed by atoms with Crippen LogP contribution in [0.25, 0.3) is 11.3 Å². The summed E-state index contributed by atoms with van der Waals surface area (Å²) in [5.74, 6) is 1.21. The van der Waals surface area contributed by atoms with Crippen molar-refractivity contribution >= 4 is 5.91 Å². The van der Waals surface area contributed by atoms with Gasteiger partial charge in [-0.25, -0.2) is 0 Å². The molecule has 0 bridgehead atoms. The summed E-state index contributed by atoms with van der Waals surface area (Å²) in [6.07, 6.45) is 3.91. The third-order valence-corrected chi connectivity index (χ3v) is 7.25. The lowest BCUT2D eigenvalue weighted by atomic mass is 9.89. The highest BCUT2D eigenvalue weighted by atomic mass is 16.5. The Balaban J connectivity index is 1.19. The van der Waals surface area contributed by atoms with E-state index in [-0.39, 0.29) is 5.91 Å². The number of ether oxygens (including phenoxy) is 1. The molecule has 1 aromatic heterocycles. The van der Waals surface area contributed by atoms with Crippen LogP contribution in [0.3, 0.4) is 0 Å². The maximum absolute atomic E-state index is 13.2. The second-order valence-corrected chi connectivity index (χ2v) is 9.59. The fraction of sp³-hybridized carbons (Fsp3) is 0.250. The molecule has 0 saturated carbocycles. The van der Waals surface area contributed by atoms with Gasteiger partial charge in [-0.2, -0.15) is 0 Å². The first-order valence-electron chi connectivity index (χ1n) is 12.7. The third-order valence-electron chi connectivity index (χ3n) is 7.25. The largest absolute Gasteiger partial charge is 0.489 e. The number of carbonyl (C=O) groups excluding carboxylic acids is 1. The molecular formula is C32H32N2O2. The standard InChI is InChI=1S/C32H32N2O2/c1-23-8-6-13-30(24(23)2)31-15-14-28(21-33-31)26-16-18-34(19-17-26)32(35)27-11-7-12-29(20-27)36-22-25-9-4-3-5-10-25/h3-15,20-21,26H,16-19,22H2,1-2H3. The van der Waals surface area contributed by atoms with Crippen molar-refractivity contribution in [3.63, 3.8) is 0 Å². The molecule has 4 nitrogen and oxygen atoms in total. The molecule has 1 aliphatic heterocycles. The van der Waals surface area contributed by atoms with Crippen LogP contribution in [0.15, 0.2) is 91.1 Å². The second-order valence-electron chi connectivity index (χ2n) is 9.59. The normalized spacial score (nSPS) is 14.0. The maximum Gasteiger partial charge on any atom is 0.253 e. The minimum atomic E-state index is 0.0713. The Labute approximate surface area is 213 Å². The lowest BCUT2D eigenvalue weighted by molar-refractivity contribution is 0.0712. The molecule has 36 heavy (non-hydrogen) atoms. The Hall–Kier alpha value is -3.92. The minimum absolute atomic E-state index is 0.0713. The van der Waals surface area contributed by atoms with Crippen LogP contribution in [0, 0.1) is 13.8 Å². The Morgan fingerprint density at radius 3 is 2.44 bits per heavy atom. The minimum Gasteiger partial charge on any atom is -0.489 e. The van der Waals surface area contributed by atoms with E-state index in [0.717, 1.165) is 42.9 Å². The number of aryl methyl sites for hydroxylation is 1. The molecule has 1 amide bonds. The maximum atomic E-state index is 13.2. The Morgan fingerprint density at radius 2 is 1.69 bits per heavy atom. The Kier molecular flexibility index (Phi) is 7.13.